The molecule has 0 aromatic carbocycles. The van der Waals surface area contributed by atoms with E-state index in [1.54, 1.807) is 48.5 Å². The summed E-state index contributed by atoms with van der Waals surface area (Å²) in [5, 5.41) is 88.0. The molecule has 5 unspecified atom stereocenters. The van der Waals surface area contributed by atoms with E-state index in [1.165, 1.54) is 80.9 Å². The summed E-state index contributed by atoms with van der Waals surface area (Å²) in [6.07, 6.45) is -3.84. The Balaban J connectivity index is 0.000000857. The molecule has 758 valence electrons. The molecule has 13 N–H and O–H groups in total. The summed E-state index contributed by atoms with van der Waals surface area (Å²) in [4.78, 5) is 108. The van der Waals surface area contributed by atoms with Crippen molar-refractivity contribution in [3.8, 4) is 0 Å². The molecule has 54 heteroatoms. The van der Waals surface area contributed by atoms with Crippen molar-refractivity contribution in [2.24, 2.45) is 11.8 Å². The van der Waals surface area contributed by atoms with Crippen molar-refractivity contribution in [3.05, 3.63) is 166 Å². The van der Waals surface area contributed by atoms with Crippen LogP contribution in [0.5, 0.6) is 0 Å². The third kappa shape index (κ3) is 39.8. The number of ether oxygens (including phenoxy) is 8. The molecule has 17 atom stereocenters. The fourth-order valence-electron chi connectivity index (χ4n) is 13.2. The SMILES string of the molecule is CC(C)(C)[O-].COP(=O)(CP(=O)(CO)CO)OC.Cc1cn([C@@H]2COC(/C=C/P(=O)(CO)CO)[C@@H](C)[C@H]2OCCF)c(=O)[nH]c1=O.Cc1cn([C@@H]2COC(CO)[C@@H](C)[C@H]2OCCF)c(=O)[nH]c1=O.[2H]CC1OC[C@@H](n2cc(C)c(=O)[nH]c2=O)[C@H](OCCF)[C@@H]1O.[3H]OC.[C-]#[N+]CCOP(O[C@@H]1C(/C=C/P(=O)(CO)CO)OC[C@@H](n2cc(C)c(=O)[nH]c2=O)[C@@H]1OCCF)N(C(C)C)C(C)C.[K+]. The van der Waals surface area contributed by atoms with Crippen LogP contribution in [0.1, 0.15) is 117 Å². The third-order valence-electron chi connectivity index (χ3n) is 20.1. The predicted octanol–water partition coefficient (Wildman–Crippen LogP) is -0.126. The minimum Gasteiger partial charge on any atom is -0.850 e. The second kappa shape index (κ2) is 62.6. The molecule has 4 fully saturated rings. The number of hydrogen-bond acceptors (Lipinski definition) is 35. The van der Waals surface area contributed by atoms with Gasteiger partial charge in [0.25, 0.3) is 30.8 Å². The van der Waals surface area contributed by atoms with Gasteiger partial charge in [0, 0.05) is 93.7 Å². The number of hydrogen-bond donors (Lipinski definition) is 13. The van der Waals surface area contributed by atoms with Crippen LogP contribution in [0.25, 0.3) is 4.85 Å². The van der Waals surface area contributed by atoms with Crippen LogP contribution < -0.4 is 101 Å². The van der Waals surface area contributed by atoms with Gasteiger partial charge in [-0.15, -0.1) is 5.60 Å². The van der Waals surface area contributed by atoms with Crippen LogP contribution >= 0.6 is 37.5 Å². The van der Waals surface area contributed by atoms with Crippen molar-refractivity contribution in [1.82, 2.24) is 42.9 Å². The molecule has 4 aliphatic heterocycles. The minimum atomic E-state index is -3.49. The first-order valence-electron chi connectivity index (χ1n) is 42.6. The Morgan fingerprint density at radius 2 is 0.910 bits per heavy atom. The summed E-state index contributed by atoms with van der Waals surface area (Å²) in [5.41, 5.74) is -3.99. The number of aryl methyl sites for hydroxylation is 4. The van der Waals surface area contributed by atoms with E-state index < -0.39 is 244 Å². The molecule has 8 heterocycles. The summed E-state index contributed by atoms with van der Waals surface area (Å²) in [6, 6.07) is -2.78. The number of alkyl halides is 4. The maximum atomic E-state index is 13.4. The Labute approximate surface area is 813 Å². The zero-order chi connectivity index (χ0) is 102. The van der Waals surface area contributed by atoms with Crippen LogP contribution in [0.2, 0.25) is 0 Å². The first-order valence-corrected chi connectivity index (χ1v) is 50.9. The number of aliphatic hydroxyl groups is 9. The van der Waals surface area contributed by atoms with Crippen LogP contribution in [0.15, 0.2) is 86.9 Å². The molecule has 4 saturated heterocycles. The number of nitrogens with one attached hydrogen (secondary N) is 4. The predicted molar refractivity (Wildman–Crippen MR) is 479 cm³/mol. The number of halogens is 4. The van der Waals surface area contributed by atoms with Crippen LogP contribution in [0, 0.1) is 46.1 Å². The van der Waals surface area contributed by atoms with Crippen molar-refractivity contribution < 1.29 is 196 Å². The number of H-pyrrole nitrogens is 4. The van der Waals surface area contributed by atoms with Gasteiger partial charge >= 0.3 is 81.7 Å². The second-order valence-electron chi connectivity index (χ2n) is 31.8. The number of rotatable bonds is 39. The van der Waals surface area contributed by atoms with Gasteiger partial charge in [-0.1, -0.05) is 40.7 Å². The molecule has 4 aliphatic rings. The van der Waals surface area contributed by atoms with Gasteiger partial charge in [0.2, 0.25) is 7.98 Å². The normalized spacial score (nSPS) is 23.8. The Hall–Kier alpha value is -4.52. The molecule has 0 radical (unpaired) electrons. The van der Waals surface area contributed by atoms with Crippen LogP contribution in [-0.2, 0) is 74.3 Å². The van der Waals surface area contributed by atoms with Gasteiger partial charge in [-0.2, -0.15) is 0 Å². The van der Waals surface area contributed by atoms with Gasteiger partial charge in [0.05, 0.1) is 127 Å². The van der Waals surface area contributed by atoms with E-state index in [4.69, 9.17) is 76.7 Å². The van der Waals surface area contributed by atoms with Gasteiger partial charge in [0.1, 0.15) is 102 Å². The van der Waals surface area contributed by atoms with Gasteiger partial charge in [-0.25, -0.2) is 48.0 Å². The van der Waals surface area contributed by atoms with Crippen LogP contribution in [0.4, 0.5) is 17.6 Å². The summed E-state index contributed by atoms with van der Waals surface area (Å²) in [6.45, 7) is 25.7. The summed E-state index contributed by atoms with van der Waals surface area (Å²) in [7, 11) is -11.7. The van der Waals surface area contributed by atoms with Crippen molar-refractivity contribution in [3.63, 3.8) is 0 Å². The molecule has 4 aromatic rings. The van der Waals surface area contributed by atoms with E-state index in [2.05, 4.69) is 38.9 Å². The number of aromatic nitrogens is 8. The van der Waals surface area contributed by atoms with Crippen molar-refractivity contribution in [2.45, 2.75) is 200 Å². The van der Waals surface area contributed by atoms with E-state index >= 15 is 0 Å². The molecule has 0 saturated carbocycles. The molecule has 8 rings (SSSR count). The molecule has 133 heavy (non-hydrogen) atoms. The zero-order valence-electron chi connectivity index (χ0n) is 79.9. The summed E-state index contributed by atoms with van der Waals surface area (Å²) in [5.74, 6) is 1.39. The number of nitrogens with zero attached hydrogens (tertiary/aromatic N) is 6. The number of aliphatic hydroxyl groups excluding tert-OH is 9. The quantitative estimate of drug-likeness (QED) is 0.00910. The average molecular weight is 2040 g/mol. The molecular formula is C79H134F4KN10O34P5. The Morgan fingerprint density at radius 3 is 1.25 bits per heavy atom. The van der Waals surface area contributed by atoms with E-state index in [-0.39, 0.29) is 160 Å². The zero-order valence-corrected chi connectivity index (χ0v) is 85.5. The molecule has 0 bridgehead atoms. The van der Waals surface area contributed by atoms with E-state index in [1.807, 2.05) is 39.3 Å². The third-order valence-corrected chi connectivity index (χ3v) is 31.1. The van der Waals surface area contributed by atoms with Gasteiger partial charge in [-0.05, 0) is 80.0 Å². The Bertz CT molecular complexity index is 4810. The molecule has 0 amide bonds. The fraction of sp³-hybridized carbons (Fsp3) is 0.734. The standard InChI is InChI=1S/C25H41FN4O9P2.C17H26FN2O7P.C14H21FN2O5.C13H19FN2O5.C5H14O6P2.C4H9O.CH4O.K/c1-17(2)30(18(3)4)40(38-11-9-27-6)39-23-21(7-12-41(35,15-31)16-32)37-14-20(22(23)36-10-8-26)29-13-19(5)24(33)28-25(29)34;1-11-7-20(17(24)19-16(11)23)13-8-27-14(3-6-28(25,9-21)10-22)12(2)15(13)26-5-4-18;1-8-5-17(14(20)16-13(8)19)10-7-22-11(6-18)9(2)12(10)21-4-3-15;1-7-5-16(13(19)15-12(7)18)9-6-21-8(2)10(17)11(9)20-4-3-14;1-10-13(9,11-2)5-12(8,3-6)4-7;1-4(2,3)5;1-2;/h7,12-13,17-18,20-23,31-32H,8-11,14-16H2,1-5H3,(H,28,33,34);3,6-7,12-15,21-22H,4-5,8-10H2,1-2H3,(H,19,23,24);5,9-12,18H,3-4,6-7H2,1-2H3,(H,16,19,20);5,8-11,17H,3-4,6H2,1-2H3,(H,15,18,19);6-7H,3-5H2,1-2H3;1-3H3;2H,1H3;/q;;;;;-1;;+1/b12-7+;6-3+;;;;;;/t20-,21?,22+,23-,40?;12-,13-,14?,15-;9-,10-,11?,12-;8?,9-,10-,11+;;;;/m1111..../s1/i;;;2D;;;2T;. The molecule has 4 aromatic heterocycles. The molecule has 0 aliphatic carbocycles. The fourth-order valence-corrected chi connectivity index (χ4v) is 20.8. The Kier molecular flexibility index (Phi) is 57.7. The van der Waals surface area contributed by atoms with Crippen LogP contribution in [-0.4, -0.2) is 334 Å². The van der Waals surface area contributed by atoms with Crippen molar-refractivity contribution in [1.29, 1.82) is 1.43 Å². The van der Waals surface area contributed by atoms with Gasteiger partial charge in [-0.3, -0.25) is 61.9 Å². The van der Waals surface area contributed by atoms with Gasteiger partial charge < -0.3 is 126 Å². The maximum Gasteiger partial charge on any atom is 1.00 e. The van der Waals surface area contributed by atoms with Crippen molar-refractivity contribution in [2.75, 3.05) is 165 Å². The first-order chi connectivity index (χ1) is 63.0. The monoisotopic (exact) mass is 2040 g/mol. The van der Waals surface area contributed by atoms with E-state index in [0.29, 0.717) is 16.7 Å². The first kappa shape index (κ1) is 123. The maximum absolute atomic E-state index is 13.4. The van der Waals surface area contributed by atoms with E-state index in [0.717, 1.165) is 14.2 Å². The van der Waals surface area contributed by atoms with Crippen molar-refractivity contribution >= 4 is 37.5 Å². The largest absolute Gasteiger partial charge is 1.00 e. The van der Waals surface area contributed by atoms with E-state index in [9.17, 15) is 99.7 Å². The molecule has 0 spiro atoms. The second-order valence-corrected chi connectivity index (χ2v) is 44.5. The van der Waals surface area contributed by atoms with Gasteiger partial charge in [0.15, 0.2) is 14.3 Å². The van der Waals surface area contributed by atoms with Crippen LogP contribution in [0.3, 0.4) is 0 Å². The summed E-state index contributed by atoms with van der Waals surface area (Å²) >= 11 is 0. The molecule has 44 nitrogen and oxygen atoms in total. The molecular weight excluding hydrogens is 1900 g/mol. The smallest absolute Gasteiger partial charge is 0.850 e. The Morgan fingerprint density at radius 1 is 0.579 bits per heavy atom. The minimum absolute atomic E-state index is 0. The topological polar surface area (TPSA) is 611 Å². The summed E-state index contributed by atoms with van der Waals surface area (Å²) < 4.78 is 186. The average Bonchev–Trinajstić information content (AvgIpc) is 0.775. The number of aromatic amines is 4.